The zero-order chi connectivity index (χ0) is 22.3. The highest BCUT2D eigenvalue weighted by Crippen LogP contribution is 2.33. The number of anilines is 2. The fourth-order valence-corrected chi connectivity index (χ4v) is 3.42. The molecule has 5 aromatic rings. The lowest BCUT2D eigenvalue weighted by molar-refractivity contribution is -0.137. The Hall–Kier alpha value is -4.14. The van der Waals surface area contributed by atoms with Crippen molar-refractivity contribution in [3.05, 3.63) is 84.8 Å². The molecule has 9 heteroatoms. The van der Waals surface area contributed by atoms with E-state index in [1.165, 1.54) is 12.3 Å². The van der Waals surface area contributed by atoms with Gasteiger partial charge in [0.25, 0.3) is 0 Å². The number of halogens is 3. The highest BCUT2D eigenvalue weighted by Gasteiger charge is 2.31. The number of fused-ring (bicyclic) bond motifs is 1. The zero-order valence-corrected chi connectivity index (χ0v) is 16.8. The number of rotatable bonds is 4. The zero-order valence-electron chi connectivity index (χ0n) is 16.8. The van der Waals surface area contributed by atoms with Crippen molar-refractivity contribution in [3.63, 3.8) is 0 Å². The Morgan fingerprint density at radius 2 is 1.75 bits per heavy atom. The number of nitrogens with zero attached hydrogens (tertiary/aromatic N) is 5. The van der Waals surface area contributed by atoms with Crippen molar-refractivity contribution in [2.45, 2.75) is 6.18 Å². The van der Waals surface area contributed by atoms with Gasteiger partial charge >= 0.3 is 6.18 Å². The smallest absolute Gasteiger partial charge is 0.416 e. The quantitative estimate of drug-likeness (QED) is 0.355. The van der Waals surface area contributed by atoms with Gasteiger partial charge in [-0.25, -0.2) is 4.98 Å². The van der Waals surface area contributed by atoms with E-state index in [4.69, 9.17) is 4.42 Å². The first kappa shape index (κ1) is 19.8. The first-order chi connectivity index (χ1) is 15.4. The molecule has 0 aliphatic heterocycles. The number of para-hydroxylation sites is 1. The highest BCUT2D eigenvalue weighted by molar-refractivity contribution is 5.77. The van der Waals surface area contributed by atoms with Crippen LogP contribution in [0.1, 0.15) is 5.56 Å². The van der Waals surface area contributed by atoms with Crippen LogP contribution in [-0.4, -0.2) is 26.6 Å². The van der Waals surface area contributed by atoms with E-state index in [0.717, 1.165) is 17.8 Å². The fourth-order valence-electron chi connectivity index (χ4n) is 3.42. The summed E-state index contributed by atoms with van der Waals surface area (Å²) in [6.07, 6.45) is -1.34. The van der Waals surface area contributed by atoms with Gasteiger partial charge in [-0.2, -0.15) is 27.8 Å². The monoisotopic (exact) mass is 435 g/mol. The van der Waals surface area contributed by atoms with E-state index in [1.54, 1.807) is 40.9 Å². The van der Waals surface area contributed by atoms with Crippen molar-refractivity contribution in [3.8, 4) is 22.7 Å². The molecule has 160 valence electrons. The van der Waals surface area contributed by atoms with Crippen molar-refractivity contribution >= 4 is 17.3 Å². The molecule has 0 radical (unpaired) electrons. The van der Waals surface area contributed by atoms with Crippen LogP contribution < -0.4 is 4.90 Å². The van der Waals surface area contributed by atoms with Gasteiger partial charge in [0.1, 0.15) is 5.76 Å². The summed E-state index contributed by atoms with van der Waals surface area (Å²) in [5.41, 5.74) is 1.33. The molecule has 0 saturated heterocycles. The molecule has 0 spiro atoms. The molecule has 2 aromatic carbocycles. The minimum absolute atomic E-state index is 0.148. The largest absolute Gasteiger partial charge is 0.464 e. The lowest BCUT2D eigenvalue weighted by Gasteiger charge is -2.19. The Labute approximate surface area is 180 Å². The maximum absolute atomic E-state index is 13.3. The summed E-state index contributed by atoms with van der Waals surface area (Å²) in [4.78, 5) is 10.9. The maximum atomic E-state index is 13.3. The van der Waals surface area contributed by atoms with E-state index >= 15 is 0 Å². The number of hydrogen-bond donors (Lipinski definition) is 0. The second kappa shape index (κ2) is 7.52. The molecule has 3 heterocycles. The van der Waals surface area contributed by atoms with Crippen LogP contribution in [0.5, 0.6) is 0 Å². The Morgan fingerprint density at radius 3 is 2.47 bits per heavy atom. The molecular weight excluding hydrogens is 419 g/mol. The van der Waals surface area contributed by atoms with Crippen molar-refractivity contribution in [2.24, 2.45) is 0 Å². The summed E-state index contributed by atoms with van der Waals surface area (Å²) < 4.78 is 46.9. The van der Waals surface area contributed by atoms with Crippen LogP contribution in [0.3, 0.4) is 0 Å². The molecule has 0 aliphatic rings. The number of aromatic nitrogens is 4. The first-order valence-electron chi connectivity index (χ1n) is 9.68. The SMILES string of the molecule is CN(c1ccccc1)c1nc(-c2cccc(C(F)(F)F)c2)nc2c(-c3ccco3)cnn12. The van der Waals surface area contributed by atoms with Crippen LogP contribution in [0.15, 0.2) is 83.6 Å². The molecular formula is C23H16F3N5O. The minimum atomic E-state index is -4.47. The molecule has 0 N–H and O–H groups in total. The summed E-state index contributed by atoms with van der Waals surface area (Å²) in [6.45, 7) is 0. The summed E-state index contributed by atoms with van der Waals surface area (Å²) >= 11 is 0. The van der Waals surface area contributed by atoms with Crippen LogP contribution in [0.4, 0.5) is 24.8 Å². The summed E-state index contributed by atoms with van der Waals surface area (Å²) in [5, 5.41) is 4.42. The summed E-state index contributed by atoms with van der Waals surface area (Å²) in [6, 6.07) is 17.9. The van der Waals surface area contributed by atoms with Crippen LogP contribution in [0, 0.1) is 0 Å². The fraction of sp³-hybridized carbons (Fsp3) is 0.0870. The molecule has 0 saturated carbocycles. The van der Waals surface area contributed by atoms with Gasteiger partial charge in [0.15, 0.2) is 11.5 Å². The molecule has 6 nitrogen and oxygen atoms in total. The van der Waals surface area contributed by atoms with Gasteiger partial charge in [-0.15, -0.1) is 0 Å². The molecule has 0 bridgehead atoms. The Morgan fingerprint density at radius 1 is 0.938 bits per heavy atom. The third kappa shape index (κ3) is 3.47. The first-order valence-corrected chi connectivity index (χ1v) is 9.68. The molecule has 0 atom stereocenters. The molecule has 32 heavy (non-hydrogen) atoms. The van der Waals surface area contributed by atoms with Crippen molar-refractivity contribution in [1.82, 2.24) is 19.6 Å². The lowest BCUT2D eigenvalue weighted by atomic mass is 10.1. The summed E-state index contributed by atoms with van der Waals surface area (Å²) in [7, 11) is 1.81. The average Bonchev–Trinajstić information content (AvgIpc) is 3.48. The van der Waals surface area contributed by atoms with Gasteiger partial charge in [0.2, 0.25) is 5.95 Å². The molecule has 5 rings (SSSR count). The lowest BCUT2D eigenvalue weighted by Crippen LogP contribution is -2.17. The van der Waals surface area contributed by atoms with Gasteiger partial charge in [0.05, 0.1) is 23.6 Å². The second-order valence-corrected chi connectivity index (χ2v) is 7.09. The van der Waals surface area contributed by atoms with E-state index in [-0.39, 0.29) is 11.4 Å². The van der Waals surface area contributed by atoms with Crippen LogP contribution >= 0.6 is 0 Å². The summed E-state index contributed by atoms with van der Waals surface area (Å²) in [5.74, 6) is 1.09. The van der Waals surface area contributed by atoms with E-state index < -0.39 is 11.7 Å². The van der Waals surface area contributed by atoms with E-state index in [9.17, 15) is 13.2 Å². The topological polar surface area (TPSA) is 59.5 Å². The third-order valence-corrected chi connectivity index (χ3v) is 5.03. The standard InChI is InChI=1S/C23H16F3N5O/c1-30(17-9-3-2-4-10-17)22-29-20(15-7-5-8-16(13-15)23(24,25)26)28-21-18(14-27-31(21)22)19-11-6-12-32-19/h2-14H,1H3. The minimum Gasteiger partial charge on any atom is -0.464 e. The number of benzene rings is 2. The predicted molar refractivity (Wildman–Crippen MR) is 113 cm³/mol. The normalized spacial score (nSPS) is 11.8. The predicted octanol–water partition coefficient (Wildman–Crippen LogP) is 5.84. The highest BCUT2D eigenvalue weighted by atomic mass is 19.4. The van der Waals surface area contributed by atoms with Crippen molar-refractivity contribution in [1.29, 1.82) is 0 Å². The molecule has 0 unspecified atom stereocenters. The van der Waals surface area contributed by atoms with Gasteiger partial charge in [0, 0.05) is 18.3 Å². The number of alkyl halides is 3. The van der Waals surface area contributed by atoms with Gasteiger partial charge < -0.3 is 9.32 Å². The van der Waals surface area contributed by atoms with Crippen molar-refractivity contribution in [2.75, 3.05) is 11.9 Å². The van der Waals surface area contributed by atoms with Gasteiger partial charge in [-0.1, -0.05) is 30.3 Å². The van der Waals surface area contributed by atoms with E-state index in [0.29, 0.717) is 22.9 Å². The van der Waals surface area contributed by atoms with Gasteiger partial charge in [-0.05, 0) is 36.4 Å². The van der Waals surface area contributed by atoms with Crippen LogP contribution in [-0.2, 0) is 6.18 Å². The van der Waals surface area contributed by atoms with Crippen LogP contribution in [0.25, 0.3) is 28.4 Å². The third-order valence-electron chi connectivity index (χ3n) is 5.03. The van der Waals surface area contributed by atoms with E-state index in [1.807, 2.05) is 30.3 Å². The second-order valence-electron chi connectivity index (χ2n) is 7.09. The molecule has 0 fully saturated rings. The number of hydrogen-bond acceptors (Lipinski definition) is 5. The van der Waals surface area contributed by atoms with E-state index in [2.05, 4.69) is 15.1 Å². The molecule has 0 aliphatic carbocycles. The Balaban J connectivity index is 1.75. The Bertz CT molecular complexity index is 1380. The van der Waals surface area contributed by atoms with Gasteiger partial charge in [-0.3, -0.25) is 0 Å². The van der Waals surface area contributed by atoms with Crippen molar-refractivity contribution < 1.29 is 17.6 Å². The molecule has 3 aromatic heterocycles. The number of furan rings is 1. The van der Waals surface area contributed by atoms with Crippen LogP contribution in [0.2, 0.25) is 0 Å². The molecule has 0 amide bonds. The average molecular weight is 435 g/mol. The Kier molecular flexibility index (Phi) is 4.66. The maximum Gasteiger partial charge on any atom is 0.416 e.